The zero-order valence-corrected chi connectivity index (χ0v) is 21.9. The predicted octanol–water partition coefficient (Wildman–Crippen LogP) is 5.15. The quantitative estimate of drug-likeness (QED) is 0.555. The van der Waals surface area contributed by atoms with E-state index in [0.717, 1.165) is 12.1 Å². The molecular formula is C27H30F3N5O3. The van der Waals surface area contributed by atoms with Crippen molar-refractivity contribution in [3.05, 3.63) is 47.3 Å². The van der Waals surface area contributed by atoms with Gasteiger partial charge in [-0.2, -0.15) is 23.5 Å². The molecule has 1 fully saturated rings. The van der Waals surface area contributed by atoms with E-state index in [4.69, 9.17) is 10.00 Å². The second kappa shape index (κ2) is 10.8. The fourth-order valence-electron chi connectivity index (χ4n) is 3.75. The average molecular weight is 530 g/mol. The van der Waals surface area contributed by atoms with E-state index in [1.165, 1.54) is 23.0 Å². The van der Waals surface area contributed by atoms with Gasteiger partial charge in [-0.05, 0) is 65.7 Å². The molecule has 0 spiro atoms. The van der Waals surface area contributed by atoms with Crippen molar-refractivity contribution in [1.29, 1.82) is 5.26 Å². The summed E-state index contributed by atoms with van der Waals surface area (Å²) in [6.45, 7) is 9.72. The van der Waals surface area contributed by atoms with Crippen molar-refractivity contribution in [3.8, 4) is 17.9 Å². The van der Waals surface area contributed by atoms with Gasteiger partial charge in [0.15, 0.2) is 0 Å². The molecule has 3 rings (SSSR count). The van der Waals surface area contributed by atoms with Crippen LogP contribution in [0.1, 0.15) is 64.2 Å². The smallest absolute Gasteiger partial charge is 0.417 e. The number of alkyl halides is 3. The fourth-order valence-corrected chi connectivity index (χ4v) is 3.75. The van der Waals surface area contributed by atoms with Crippen molar-refractivity contribution < 1.29 is 27.5 Å². The summed E-state index contributed by atoms with van der Waals surface area (Å²) >= 11 is 0. The monoisotopic (exact) mass is 529 g/mol. The highest BCUT2D eigenvalue weighted by Gasteiger charge is 2.35. The first-order valence-corrected chi connectivity index (χ1v) is 12.1. The molecule has 8 nitrogen and oxygen atoms in total. The zero-order chi connectivity index (χ0) is 28.3. The second-order valence-electron chi connectivity index (χ2n) is 10.6. The molecule has 38 heavy (non-hydrogen) atoms. The van der Waals surface area contributed by atoms with Gasteiger partial charge in [0.25, 0.3) is 5.91 Å². The summed E-state index contributed by atoms with van der Waals surface area (Å²) in [5.74, 6) is 5.75. The molecule has 2 aromatic rings. The molecule has 2 amide bonds. The molecule has 2 heterocycles. The van der Waals surface area contributed by atoms with Crippen LogP contribution in [0.4, 0.5) is 23.7 Å². The van der Waals surface area contributed by atoms with Crippen molar-refractivity contribution in [2.24, 2.45) is 5.92 Å². The second-order valence-corrected chi connectivity index (χ2v) is 10.6. The minimum absolute atomic E-state index is 0.0840. The topological polar surface area (TPSA) is 100 Å². The minimum Gasteiger partial charge on any atom is -0.444 e. The molecule has 1 aliphatic heterocycles. The number of amides is 2. The van der Waals surface area contributed by atoms with Crippen LogP contribution in [-0.4, -0.2) is 45.4 Å². The fraction of sp³-hybridized carbons (Fsp3) is 0.481. The Morgan fingerprint density at radius 3 is 2.37 bits per heavy atom. The highest BCUT2D eigenvalue weighted by Crippen LogP contribution is 2.34. The van der Waals surface area contributed by atoms with E-state index in [9.17, 15) is 22.8 Å². The molecule has 202 valence electrons. The molecular weight excluding hydrogens is 499 g/mol. The van der Waals surface area contributed by atoms with Crippen molar-refractivity contribution in [2.75, 3.05) is 18.4 Å². The number of carbonyl (C=O) groups is 2. The van der Waals surface area contributed by atoms with Crippen LogP contribution in [-0.2, 0) is 21.2 Å². The highest BCUT2D eigenvalue weighted by molar-refractivity contribution is 5.96. The molecule has 1 aromatic carbocycles. The van der Waals surface area contributed by atoms with Crippen molar-refractivity contribution in [1.82, 2.24) is 14.7 Å². The molecule has 0 unspecified atom stereocenters. The Morgan fingerprint density at radius 1 is 1.13 bits per heavy atom. The lowest BCUT2D eigenvalue weighted by molar-refractivity contribution is -0.137. The van der Waals surface area contributed by atoms with Gasteiger partial charge < -0.3 is 15.0 Å². The average Bonchev–Trinajstić information content (AvgIpc) is 3.31. The number of piperidine rings is 1. The molecule has 1 aromatic heterocycles. The number of hydrogen-bond acceptors (Lipinski definition) is 5. The summed E-state index contributed by atoms with van der Waals surface area (Å²) < 4.78 is 46.6. The SMILES string of the molecule is CC(C)(C)OC(=O)N1CCC(C#Cc2cnn(C(C)(C)C(=O)Nc3ccc(C#N)c(C(F)(F)F)c3)c2)CC1. The van der Waals surface area contributed by atoms with Gasteiger partial charge in [-0.1, -0.05) is 11.8 Å². The number of carbonyl (C=O) groups excluding carboxylic acids is 2. The van der Waals surface area contributed by atoms with Crippen LogP contribution in [0.5, 0.6) is 0 Å². The van der Waals surface area contributed by atoms with Crippen LogP contribution in [0.15, 0.2) is 30.6 Å². The third-order valence-electron chi connectivity index (χ3n) is 5.98. The number of aromatic nitrogens is 2. The van der Waals surface area contributed by atoms with Gasteiger partial charge in [0.2, 0.25) is 0 Å². The van der Waals surface area contributed by atoms with Crippen LogP contribution in [0.25, 0.3) is 0 Å². The van der Waals surface area contributed by atoms with Crippen LogP contribution in [0, 0.1) is 29.1 Å². The Morgan fingerprint density at radius 2 is 1.79 bits per heavy atom. The van der Waals surface area contributed by atoms with Gasteiger partial charge in [-0.25, -0.2) is 4.79 Å². The van der Waals surface area contributed by atoms with Crippen LogP contribution in [0.2, 0.25) is 0 Å². The molecule has 0 saturated carbocycles. The van der Waals surface area contributed by atoms with Crippen molar-refractivity contribution in [2.45, 2.75) is 64.8 Å². The lowest BCUT2D eigenvalue weighted by Gasteiger charge is -2.31. The van der Waals surface area contributed by atoms with E-state index in [2.05, 4.69) is 22.3 Å². The number of nitrogens with zero attached hydrogens (tertiary/aromatic N) is 4. The number of rotatable bonds is 3. The number of benzene rings is 1. The largest absolute Gasteiger partial charge is 0.444 e. The number of halogens is 3. The van der Waals surface area contributed by atoms with Crippen LogP contribution >= 0.6 is 0 Å². The third-order valence-corrected chi connectivity index (χ3v) is 5.98. The number of anilines is 1. The van der Waals surface area contributed by atoms with E-state index in [0.29, 0.717) is 31.5 Å². The van der Waals surface area contributed by atoms with Crippen LogP contribution in [0.3, 0.4) is 0 Å². The first-order chi connectivity index (χ1) is 17.6. The summed E-state index contributed by atoms with van der Waals surface area (Å²) in [5, 5.41) is 15.7. The molecule has 0 radical (unpaired) electrons. The predicted molar refractivity (Wildman–Crippen MR) is 134 cm³/mol. The van der Waals surface area contributed by atoms with Gasteiger partial charge >= 0.3 is 12.3 Å². The molecule has 0 aliphatic carbocycles. The lowest BCUT2D eigenvalue weighted by atomic mass is 9.97. The summed E-state index contributed by atoms with van der Waals surface area (Å²) in [7, 11) is 0. The Kier molecular flexibility index (Phi) is 8.11. The number of ether oxygens (including phenoxy) is 1. The molecule has 0 atom stereocenters. The maximum atomic E-state index is 13.3. The third kappa shape index (κ3) is 7.06. The first-order valence-electron chi connectivity index (χ1n) is 12.1. The lowest BCUT2D eigenvalue weighted by Crippen LogP contribution is -2.41. The number of hydrogen-bond donors (Lipinski definition) is 1. The Labute approximate surface area is 219 Å². The van der Waals surface area contributed by atoms with Gasteiger partial charge in [0, 0.05) is 30.9 Å². The molecule has 11 heteroatoms. The van der Waals surface area contributed by atoms with E-state index in [-0.39, 0.29) is 17.7 Å². The number of nitrogens with one attached hydrogen (secondary N) is 1. The molecule has 0 bridgehead atoms. The standard InChI is InChI=1S/C27H30F3N5O3/c1-25(2,3)38-24(37)34-12-10-18(11-13-34)6-7-19-16-32-35(17-19)26(4,5)23(36)33-21-9-8-20(15-31)22(14-21)27(28,29)30/h8-9,14,16-18H,10-13H2,1-5H3,(H,33,36). The highest BCUT2D eigenvalue weighted by atomic mass is 19.4. The van der Waals surface area contributed by atoms with Gasteiger partial charge in [0.05, 0.1) is 29.0 Å². The summed E-state index contributed by atoms with van der Waals surface area (Å²) in [6.07, 6.45) is -0.536. The Bertz CT molecular complexity index is 1300. The molecule has 1 N–H and O–H groups in total. The van der Waals surface area contributed by atoms with E-state index >= 15 is 0 Å². The Balaban J connectivity index is 1.64. The molecule has 1 saturated heterocycles. The van der Waals surface area contributed by atoms with Gasteiger partial charge in [0.1, 0.15) is 11.1 Å². The summed E-state index contributed by atoms with van der Waals surface area (Å²) in [4.78, 5) is 26.8. The van der Waals surface area contributed by atoms with Gasteiger partial charge in [-0.15, -0.1) is 0 Å². The maximum absolute atomic E-state index is 13.3. The zero-order valence-electron chi connectivity index (χ0n) is 21.9. The maximum Gasteiger partial charge on any atom is 0.417 e. The van der Waals surface area contributed by atoms with Gasteiger partial charge in [-0.3, -0.25) is 9.48 Å². The number of likely N-dealkylation sites (tertiary alicyclic amines) is 1. The number of nitriles is 1. The minimum atomic E-state index is -4.73. The molecule has 1 aliphatic rings. The Hall–Kier alpha value is -3.99. The summed E-state index contributed by atoms with van der Waals surface area (Å²) in [5.41, 5.74) is -2.94. The first kappa shape index (κ1) is 28.6. The van der Waals surface area contributed by atoms with E-state index < -0.39 is 34.4 Å². The van der Waals surface area contributed by atoms with E-state index in [1.54, 1.807) is 24.9 Å². The van der Waals surface area contributed by atoms with E-state index in [1.807, 2.05) is 20.8 Å². The normalized spacial score (nSPS) is 14.8. The van der Waals surface area contributed by atoms with Crippen LogP contribution < -0.4 is 5.32 Å². The van der Waals surface area contributed by atoms with Crippen molar-refractivity contribution in [3.63, 3.8) is 0 Å². The van der Waals surface area contributed by atoms with Crippen molar-refractivity contribution >= 4 is 17.7 Å². The summed E-state index contributed by atoms with van der Waals surface area (Å²) in [6, 6.07) is 4.51.